The van der Waals surface area contributed by atoms with Crippen LogP contribution in [0.1, 0.15) is 31.4 Å². The van der Waals surface area contributed by atoms with Crippen molar-refractivity contribution in [2.45, 2.75) is 34.1 Å². The number of aryl methyl sites for hydroxylation is 2. The minimum Gasteiger partial charge on any atom is -0.444 e. The van der Waals surface area contributed by atoms with Crippen molar-refractivity contribution in [3.63, 3.8) is 0 Å². The Labute approximate surface area is 220 Å². The molecular weight excluding hydrogens is 478 g/mol. The number of hydrogen-bond acceptors (Lipinski definition) is 7. The molecule has 3 aromatic heterocycles. The van der Waals surface area contributed by atoms with E-state index in [1.807, 2.05) is 61.2 Å². The molecule has 192 valence electrons. The van der Waals surface area contributed by atoms with Gasteiger partial charge < -0.3 is 9.32 Å². The molecule has 5 rings (SSSR count). The maximum Gasteiger partial charge on any atom is 0.298 e. The van der Waals surface area contributed by atoms with Gasteiger partial charge in [0, 0.05) is 34.9 Å². The number of Topliss-reactive ketones (excluding diaryl/α,β-unsaturated/α-hetero) is 1. The largest absolute Gasteiger partial charge is 0.444 e. The zero-order valence-electron chi connectivity index (χ0n) is 21.9. The van der Waals surface area contributed by atoms with Crippen LogP contribution in [-0.4, -0.2) is 38.6 Å². The van der Waals surface area contributed by atoms with E-state index in [1.165, 1.54) is 11.1 Å². The summed E-state index contributed by atoms with van der Waals surface area (Å²) in [6.07, 6.45) is 5.58. The van der Waals surface area contributed by atoms with E-state index in [9.17, 15) is 9.59 Å². The number of pyridine rings is 1. The lowest BCUT2D eigenvalue weighted by molar-refractivity contribution is -0.115. The molecule has 0 fully saturated rings. The Morgan fingerprint density at radius 3 is 2.63 bits per heavy atom. The standard InChI is InChI=1S/C30H29N5O3/c1-5-11-34(17-21(4)36)24-9-8-20(3)26(15-24)35-30(37)29-25(7-6-10-32-29)28(33-35)23-13-19(2)12-22(14-23)27-16-31-18-38-27/h6-10,12-16,18H,5,11,17H2,1-4H3. The first-order valence-electron chi connectivity index (χ1n) is 12.6. The summed E-state index contributed by atoms with van der Waals surface area (Å²) in [5.74, 6) is 0.728. The van der Waals surface area contributed by atoms with Crippen molar-refractivity contribution < 1.29 is 9.21 Å². The highest BCUT2D eigenvalue weighted by atomic mass is 16.3. The van der Waals surface area contributed by atoms with Gasteiger partial charge in [0.1, 0.15) is 17.0 Å². The number of anilines is 1. The second-order valence-electron chi connectivity index (χ2n) is 9.51. The average Bonchev–Trinajstić information content (AvgIpc) is 3.44. The minimum absolute atomic E-state index is 0.0788. The Hall–Kier alpha value is -4.59. The summed E-state index contributed by atoms with van der Waals surface area (Å²) < 4.78 is 6.96. The van der Waals surface area contributed by atoms with E-state index >= 15 is 0 Å². The van der Waals surface area contributed by atoms with Gasteiger partial charge in [-0.25, -0.2) is 4.98 Å². The lowest BCUT2D eigenvalue weighted by atomic mass is 10.0. The van der Waals surface area contributed by atoms with Crippen LogP contribution in [0, 0.1) is 13.8 Å². The molecule has 0 bridgehead atoms. The number of ketones is 1. The monoisotopic (exact) mass is 507 g/mol. The third-order valence-corrected chi connectivity index (χ3v) is 6.42. The summed E-state index contributed by atoms with van der Waals surface area (Å²) in [6.45, 7) is 8.63. The first kappa shape index (κ1) is 25.1. The maximum atomic E-state index is 13.7. The molecule has 38 heavy (non-hydrogen) atoms. The third-order valence-electron chi connectivity index (χ3n) is 6.42. The van der Waals surface area contributed by atoms with E-state index in [1.54, 1.807) is 25.4 Å². The molecule has 2 aromatic carbocycles. The lowest BCUT2D eigenvalue weighted by Gasteiger charge is -2.24. The molecule has 0 aliphatic carbocycles. The quantitative estimate of drug-likeness (QED) is 0.273. The maximum absolute atomic E-state index is 13.7. The summed E-state index contributed by atoms with van der Waals surface area (Å²) in [4.78, 5) is 36.2. The van der Waals surface area contributed by atoms with Crippen LogP contribution in [0.15, 0.2) is 76.5 Å². The number of fused-ring (bicyclic) bond motifs is 1. The first-order valence-corrected chi connectivity index (χ1v) is 12.6. The molecule has 5 aromatic rings. The molecular formula is C30H29N5O3. The highest BCUT2D eigenvalue weighted by Gasteiger charge is 2.18. The van der Waals surface area contributed by atoms with Crippen molar-refractivity contribution in [1.82, 2.24) is 19.7 Å². The fraction of sp³-hybridized carbons (Fsp3) is 0.233. The van der Waals surface area contributed by atoms with Gasteiger partial charge in [-0.2, -0.15) is 9.78 Å². The Balaban J connectivity index is 1.74. The van der Waals surface area contributed by atoms with Gasteiger partial charge in [0.2, 0.25) is 0 Å². The van der Waals surface area contributed by atoms with Crippen LogP contribution in [0.5, 0.6) is 0 Å². The molecule has 0 atom stereocenters. The number of oxazole rings is 1. The molecule has 0 saturated heterocycles. The number of benzene rings is 2. The summed E-state index contributed by atoms with van der Waals surface area (Å²) in [6, 6.07) is 15.6. The average molecular weight is 508 g/mol. The molecule has 8 heteroatoms. The number of carbonyl (C=O) groups is 1. The van der Waals surface area contributed by atoms with E-state index in [0.29, 0.717) is 34.6 Å². The number of carbonyl (C=O) groups excluding carboxylic acids is 1. The summed E-state index contributed by atoms with van der Waals surface area (Å²) >= 11 is 0. The SMILES string of the molecule is CCCN(CC(C)=O)c1ccc(C)c(-n2nc(-c3cc(C)cc(-c4cnco4)c3)c3cccnc3c2=O)c1. The predicted octanol–water partition coefficient (Wildman–Crippen LogP) is 5.52. The highest BCUT2D eigenvalue weighted by Crippen LogP contribution is 2.31. The topological polar surface area (TPSA) is 94.1 Å². The van der Waals surface area contributed by atoms with Crippen LogP contribution < -0.4 is 10.5 Å². The van der Waals surface area contributed by atoms with Gasteiger partial charge in [-0.1, -0.05) is 13.0 Å². The second-order valence-corrected chi connectivity index (χ2v) is 9.51. The van der Waals surface area contributed by atoms with E-state index in [-0.39, 0.29) is 11.3 Å². The molecule has 3 heterocycles. The molecule has 0 N–H and O–H groups in total. The molecule has 0 radical (unpaired) electrons. The summed E-state index contributed by atoms with van der Waals surface area (Å²) in [5.41, 5.74) is 5.78. The normalized spacial score (nSPS) is 11.2. The molecule has 8 nitrogen and oxygen atoms in total. The number of hydrogen-bond donors (Lipinski definition) is 0. The number of nitrogens with zero attached hydrogens (tertiary/aromatic N) is 5. The summed E-state index contributed by atoms with van der Waals surface area (Å²) in [5, 5.41) is 5.57. The Bertz CT molecular complexity index is 1690. The Kier molecular flexibility index (Phi) is 6.87. The number of rotatable bonds is 8. The van der Waals surface area contributed by atoms with E-state index < -0.39 is 0 Å². The Morgan fingerprint density at radius 1 is 1.08 bits per heavy atom. The van der Waals surface area contributed by atoms with Gasteiger partial charge >= 0.3 is 0 Å². The van der Waals surface area contributed by atoms with Crippen molar-refractivity contribution in [3.05, 3.63) is 88.8 Å². The fourth-order valence-electron chi connectivity index (χ4n) is 4.72. The van der Waals surface area contributed by atoms with Crippen LogP contribution in [-0.2, 0) is 4.79 Å². The van der Waals surface area contributed by atoms with Gasteiger partial charge in [0.05, 0.1) is 18.4 Å². The third kappa shape index (κ3) is 4.85. The van der Waals surface area contributed by atoms with E-state index in [2.05, 4.69) is 16.9 Å². The van der Waals surface area contributed by atoms with Crippen molar-refractivity contribution in [2.24, 2.45) is 0 Å². The van der Waals surface area contributed by atoms with Crippen molar-refractivity contribution in [1.29, 1.82) is 0 Å². The van der Waals surface area contributed by atoms with Crippen LogP contribution in [0.3, 0.4) is 0 Å². The van der Waals surface area contributed by atoms with Gasteiger partial charge in [0.15, 0.2) is 12.2 Å². The van der Waals surface area contributed by atoms with Crippen LogP contribution in [0.4, 0.5) is 5.69 Å². The minimum atomic E-state index is -0.304. The fourth-order valence-corrected chi connectivity index (χ4v) is 4.72. The summed E-state index contributed by atoms with van der Waals surface area (Å²) in [7, 11) is 0. The van der Waals surface area contributed by atoms with Gasteiger partial charge in [-0.15, -0.1) is 0 Å². The smallest absolute Gasteiger partial charge is 0.298 e. The zero-order valence-corrected chi connectivity index (χ0v) is 21.9. The van der Waals surface area contributed by atoms with Gasteiger partial charge in [-0.05, 0) is 80.8 Å². The molecule has 0 spiro atoms. The van der Waals surface area contributed by atoms with Crippen LogP contribution in [0.2, 0.25) is 0 Å². The van der Waals surface area contributed by atoms with E-state index in [4.69, 9.17) is 9.52 Å². The molecule has 0 unspecified atom stereocenters. The van der Waals surface area contributed by atoms with Crippen LogP contribution >= 0.6 is 0 Å². The highest BCUT2D eigenvalue weighted by molar-refractivity contribution is 5.92. The van der Waals surface area contributed by atoms with Crippen molar-refractivity contribution >= 4 is 22.4 Å². The number of aromatic nitrogens is 4. The first-order chi connectivity index (χ1) is 18.4. The molecule has 0 aliphatic rings. The predicted molar refractivity (Wildman–Crippen MR) is 149 cm³/mol. The molecule has 0 amide bonds. The Morgan fingerprint density at radius 2 is 1.89 bits per heavy atom. The zero-order chi connectivity index (χ0) is 26.8. The van der Waals surface area contributed by atoms with Crippen molar-refractivity contribution in [2.75, 3.05) is 18.0 Å². The van der Waals surface area contributed by atoms with Crippen molar-refractivity contribution in [3.8, 4) is 28.3 Å². The van der Waals surface area contributed by atoms with E-state index in [0.717, 1.165) is 40.9 Å². The van der Waals surface area contributed by atoms with Crippen LogP contribution in [0.25, 0.3) is 39.2 Å². The molecule has 0 aliphatic heterocycles. The van der Waals surface area contributed by atoms with Gasteiger partial charge in [-0.3, -0.25) is 14.6 Å². The lowest BCUT2D eigenvalue weighted by Crippen LogP contribution is -2.30. The van der Waals surface area contributed by atoms with Gasteiger partial charge in [0.25, 0.3) is 5.56 Å². The second kappa shape index (κ2) is 10.4. The molecule has 0 saturated carbocycles.